The molecule has 0 spiro atoms. The van der Waals surface area contributed by atoms with E-state index in [2.05, 4.69) is 26.8 Å². The van der Waals surface area contributed by atoms with Gasteiger partial charge in [0, 0.05) is 49.9 Å². The minimum Gasteiger partial charge on any atom is -0.544 e. The van der Waals surface area contributed by atoms with Gasteiger partial charge in [0.2, 0.25) is 0 Å². The molecule has 4 heterocycles. The number of carbonyl (C=O) groups is 2. The van der Waals surface area contributed by atoms with Crippen LogP contribution in [-0.2, 0) is 9.53 Å². The number of nitrogens with two attached hydrogens (primary N) is 1. The van der Waals surface area contributed by atoms with Crippen LogP contribution in [0, 0.1) is 0 Å². The molecule has 2 saturated heterocycles. The van der Waals surface area contributed by atoms with E-state index >= 15 is 0 Å². The molecule has 12 nitrogen and oxygen atoms in total. The fraction of sp³-hybridized carbons (Fsp3) is 0.424. The normalized spacial score (nSPS) is 26.2. The Kier molecular flexibility index (Phi) is 7.72. The summed E-state index contributed by atoms with van der Waals surface area (Å²) in [5.74, 6) is -0.979. The van der Waals surface area contributed by atoms with Crippen molar-refractivity contribution in [2.75, 3.05) is 52.0 Å². The second kappa shape index (κ2) is 11.8. The molecule has 2 unspecified atom stereocenters. The molecule has 7 rings (SSSR count). The molecule has 0 radical (unpaired) electrons. The van der Waals surface area contributed by atoms with Crippen LogP contribution < -0.4 is 15.3 Å². The molecule has 2 N–H and O–H groups in total. The number of nitrogen functional groups attached to an aromatic ring is 1. The van der Waals surface area contributed by atoms with Gasteiger partial charge >= 0.3 is 6.09 Å². The summed E-state index contributed by atoms with van der Waals surface area (Å²) in [4.78, 5) is 39.1. The molecule has 1 amide bonds. The summed E-state index contributed by atoms with van der Waals surface area (Å²) >= 11 is 0. The van der Waals surface area contributed by atoms with E-state index in [0.717, 1.165) is 63.0 Å². The predicted molar refractivity (Wildman–Crippen MR) is 168 cm³/mol. The average molecular weight is 611 g/mol. The van der Waals surface area contributed by atoms with Gasteiger partial charge in [-0.2, -0.15) is 14.4 Å². The van der Waals surface area contributed by atoms with Crippen LogP contribution in [0.15, 0.2) is 60.9 Å². The van der Waals surface area contributed by atoms with Gasteiger partial charge in [-0.05, 0) is 50.4 Å². The highest BCUT2D eigenvalue weighted by atomic mass is 16.6. The zero-order valence-electron chi connectivity index (χ0n) is 25.4. The van der Waals surface area contributed by atoms with Gasteiger partial charge in [0.15, 0.2) is 11.8 Å². The van der Waals surface area contributed by atoms with Crippen molar-refractivity contribution in [2.45, 2.75) is 43.9 Å². The quantitative estimate of drug-likeness (QED) is 0.310. The second-order valence-corrected chi connectivity index (χ2v) is 12.6. The number of ether oxygens (including phenoxy) is 1. The Hall–Kier alpha value is -4.39. The van der Waals surface area contributed by atoms with E-state index in [4.69, 9.17) is 15.6 Å². The summed E-state index contributed by atoms with van der Waals surface area (Å²) in [5, 5.41) is 17.6. The number of carboxylic acids is 1. The number of quaternary nitrogens is 1. The number of hydrogen-bond donors (Lipinski definition) is 1. The number of anilines is 1. The van der Waals surface area contributed by atoms with Crippen molar-refractivity contribution in [3.63, 3.8) is 0 Å². The van der Waals surface area contributed by atoms with Crippen LogP contribution in [0.25, 0.3) is 22.3 Å². The minimum atomic E-state index is -1.33. The number of cyclic esters (lactones) is 1. The predicted octanol–water partition coefficient (Wildman–Crippen LogP) is 2.76. The lowest BCUT2D eigenvalue weighted by Crippen LogP contribution is -2.56. The van der Waals surface area contributed by atoms with Crippen molar-refractivity contribution < 1.29 is 19.4 Å². The van der Waals surface area contributed by atoms with Gasteiger partial charge in [0.05, 0.1) is 17.4 Å². The largest absolute Gasteiger partial charge is 0.544 e. The lowest BCUT2D eigenvalue weighted by Gasteiger charge is -2.41. The number of nitrogens with zero attached hydrogens (tertiary/aromatic N) is 7. The molecule has 2 aliphatic heterocycles. The van der Waals surface area contributed by atoms with Gasteiger partial charge < -0.3 is 25.3 Å². The lowest BCUT2D eigenvalue weighted by molar-refractivity contribution is -0.305. The maximum absolute atomic E-state index is 13.3. The van der Waals surface area contributed by atoms with E-state index in [1.165, 1.54) is 6.33 Å². The Bertz CT molecular complexity index is 1700. The van der Waals surface area contributed by atoms with Crippen LogP contribution >= 0.6 is 0 Å². The zero-order chi connectivity index (χ0) is 31.1. The fourth-order valence-corrected chi connectivity index (χ4v) is 7.32. The average Bonchev–Trinajstić information content (AvgIpc) is 3.61. The Balaban J connectivity index is 1.17. The zero-order valence-corrected chi connectivity index (χ0v) is 25.4. The van der Waals surface area contributed by atoms with Crippen LogP contribution in [0.4, 0.5) is 16.3 Å². The number of piperazine rings is 1. The summed E-state index contributed by atoms with van der Waals surface area (Å²) in [6.45, 7) is 4.08. The number of aliphatic carboxylic acids is 1. The number of hydrogen-bond acceptors (Lipinski definition) is 10. The first-order valence-electron chi connectivity index (χ1n) is 15.7. The molecule has 12 heteroatoms. The molecule has 0 bridgehead atoms. The van der Waals surface area contributed by atoms with E-state index in [-0.39, 0.29) is 12.6 Å². The van der Waals surface area contributed by atoms with Gasteiger partial charge in [-0.15, -0.1) is 0 Å². The van der Waals surface area contributed by atoms with Gasteiger partial charge in [0.25, 0.3) is 0 Å². The molecule has 1 aliphatic carbocycles. The second-order valence-electron chi connectivity index (χ2n) is 12.6. The Morgan fingerprint density at radius 2 is 1.67 bits per heavy atom. The van der Waals surface area contributed by atoms with Crippen molar-refractivity contribution in [1.29, 1.82) is 0 Å². The molecule has 2 aromatic carbocycles. The van der Waals surface area contributed by atoms with E-state index in [1.54, 1.807) is 12.1 Å². The number of aromatic nitrogens is 4. The van der Waals surface area contributed by atoms with E-state index in [1.807, 2.05) is 47.1 Å². The minimum absolute atomic E-state index is 0.144. The van der Waals surface area contributed by atoms with Crippen molar-refractivity contribution in [1.82, 2.24) is 34.0 Å². The fourth-order valence-electron chi connectivity index (χ4n) is 7.32. The highest BCUT2D eigenvalue weighted by Crippen LogP contribution is 2.40. The van der Waals surface area contributed by atoms with Crippen molar-refractivity contribution in [2.24, 2.45) is 0 Å². The number of rotatable bonds is 7. The van der Waals surface area contributed by atoms with Gasteiger partial charge in [0.1, 0.15) is 36.6 Å². The molecule has 1 saturated carbocycles. The number of fused-ring (bicyclic) bond motifs is 1. The van der Waals surface area contributed by atoms with E-state index in [0.29, 0.717) is 34.3 Å². The van der Waals surface area contributed by atoms with Crippen LogP contribution in [0.3, 0.4) is 0 Å². The molecule has 3 fully saturated rings. The van der Waals surface area contributed by atoms with Crippen LogP contribution in [0.5, 0.6) is 0 Å². The van der Waals surface area contributed by atoms with Gasteiger partial charge in [-0.1, -0.05) is 30.3 Å². The number of carboxylic acid groups (broad SMARTS) is 1. The molecular weight excluding hydrogens is 572 g/mol. The molecule has 2 aromatic heterocycles. The summed E-state index contributed by atoms with van der Waals surface area (Å²) in [6.07, 6.45) is 4.52. The number of carbonyl (C=O) groups excluding carboxylic acids is 2. The van der Waals surface area contributed by atoms with Crippen LogP contribution in [-0.4, -0.2) is 94.0 Å². The smallest absolute Gasteiger partial charge is 0.522 e. The molecule has 4 aromatic rings. The molecular formula is C33H38N8O4. The third-order valence-electron chi connectivity index (χ3n) is 9.86. The topological polar surface area (TPSA) is 143 Å². The Morgan fingerprint density at radius 1 is 0.978 bits per heavy atom. The van der Waals surface area contributed by atoms with Crippen molar-refractivity contribution >= 4 is 34.6 Å². The first kappa shape index (κ1) is 29.3. The summed E-state index contributed by atoms with van der Waals surface area (Å²) in [7, 11) is 2.18. The SMILES string of the molecule is CN1CCN([C@H]2CC[C@@H](n3nc(-c4ccc([N+]5(CC(=O)[O-])CC(c6ccccc6)OC5=O)cc4)c4c(N)ncnc43)CC2)CC1. The monoisotopic (exact) mass is 610 g/mol. The van der Waals surface area contributed by atoms with Crippen LogP contribution in [0.1, 0.15) is 43.4 Å². The van der Waals surface area contributed by atoms with E-state index < -0.39 is 29.2 Å². The highest BCUT2D eigenvalue weighted by molar-refractivity contribution is 5.98. The summed E-state index contributed by atoms with van der Waals surface area (Å²) in [6, 6.07) is 17.3. The number of likely N-dealkylation sites (N-methyl/N-ethyl adjacent to an activating group) is 1. The van der Waals surface area contributed by atoms with Gasteiger partial charge in [-0.25, -0.2) is 14.6 Å². The Morgan fingerprint density at radius 3 is 2.36 bits per heavy atom. The molecule has 45 heavy (non-hydrogen) atoms. The number of benzene rings is 2. The van der Waals surface area contributed by atoms with Gasteiger partial charge in [-0.3, -0.25) is 4.90 Å². The number of amides is 1. The third-order valence-corrected chi connectivity index (χ3v) is 9.86. The standard InChI is InChI=1S/C33H38N8O4/c1-38-15-17-39(18-16-38)24-9-11-25(12-10-24)40-32-29(31(34)35-21-36-32)30(37-40)23-7-13-26(14-8-23)41(20-28(42)43)19-27(45-33(41)44)22-5-3-2-4-6-22/h2-8,13-14,21,24-25,27H,9-12,15-20H2,1H3,(H2-,34,35,36,37,42,43)/t24-,25+,27?,41?. The Labute approximate surface area is 261 Å². The van der Waals surface area contributed by atoms with Crippen molar-refractivity contribution in [3.8, 4) is 11.3 Å². The molecule has 3 aliphatic rings. The van der Waals surface area contributed by atoms with Crippen molar-refractivity contribution in [3.05, 3.63) is 66.5 Å². The first-order valence-corrected chi connectivity index (χ1v) is 15.7. The highest BCUT2D eigenvalue weighted by Gasteiger charge is 2.51. The molecule has 234 valence electrons. The first-order chi connectivity index (χ1) is 21.8. The molecule has 2 atom stereocenters. The maximum atomic E-state index is 13.3. The third kappa shape index (κ3) is 5.43. The lowest BCUT2D eigenvalue weighted by atomic mass is 9.90. The summed E-state index contributed by atoms with van der Waals surface area (Å²) < 4.78 is 7.23. The maximum Gasteiger partial charge on any atom is 0.522 e. The van der Waals surface area contributed by atoms with E-state index in [9.17, 15) is 14.7 Å². The summed E-state index contributed by atoms with van der Waals surface area (Å²) in [5.41, 5.74) is 9.86. The van der Waals surface area contributed by atoms with Crippen LogP contribution in [0.2, 0.25) is 0 Å².